The molecule has 0 saturated heterocycles. The normalized spacial score (nSPS) is 19.3. The lowest BCUT2D eigenvalue weighted by molar-refractivity contribution is -0.120. The molecule has 0 aromatic heterocycles. The fourth-order valence-corrected chi connectivity index (χ4v) is 3.09. The van der Waals surface area contributed by atoms with Crippen molar-refractivity contribution in [3.05, 3.63) is 29.8 Å². The van der Waals surface area contributed by atoms with Crippen molar-refractivity contribution in [3.8, 4) is 0 Å². The van der Waals surface area contributed by atoms with E-state index in [1.807, 2.05) is 30.0 Å². The first-order valence-corrected chi connectivity index (χ1v) is 7.64. The van der Waals surface area contributed by atoms with Gasteiger partial charge in [0.1, 0.15) is 0 Å². The summed E-state index contributed by atoms with van der Waals surface area (Å²) < 4.78 is 0. The molecule has 2 rings (SSSR count). The zero-order chi connectivity index (χ0) is 14.7. The van der Waals surface area contributed by atoms with Crippen molar-refractivity contribution in [2.45, 2.75) is 33.1 Å². The van der Waals surface area contributed by atoms with Crippen LogP contribution >= 0.6 is 12.2 Å². The van der Waals surface area contributed by atoms with Crippen LogP contribution in [-0.2, 0) is 11.2 Å². The quantitative estimate of drug-likeness (QED) is 0.867. The van der Waals surface area contributed by atoms with E-state index in [0.29, 0.717) is 10.9 Å². The summed E-state index contributed by atoms with van der Waals surface area (Å²) in [6.07, 6.45) is 2.64. The number of carbonyl (C=O) groups is 1. The highest BCUT2D eigenvalue weighted by atomic mass is 32.1. The topological polar surface area (TPSA) is 46.3 Å². The lowest BCUT2D eigenvalue weighted by Crippen LogP contribution is -2.45. The molecule has 0 radical (unpaired) electrons. The van der Waals surface area contributed by atoms with Crippen LogP contribution in [0.3, 0.4) is 0 Å². The zero-order valence-electron chi connectivity index (χ0n) is 12.1. The Hall–Kier alpha value is -1.42. The molecule has 1 aliphatic heterocycles. The molecule has 1 aromatic carbocycles. The fraction of sp³-hybridized carbons (Fsp3) is 0.500. The first kappa shape index (κ1) is 15.0. The second-order valence-electron chi connectivity index (χ2n) is 5.63. The van der Waals surface area contributed by atoms with Crippen molar-refractivity contribution in [2.75, 3.05) is 11.4 Å². The molecule has 3 nitrogen and oxygen atoms in total. The number of hydrogen-bond donors (Lipinski definition) is 1. The van der Waals surface area contributed by atoms with Gasteiger partial charge in [-0.05, 0) is 30.4 Å². The van der Waals surface area contributed by atoms with Gasteiger partial charge in [-0.15, -0.1) is 0 Å². The number of hydrogen-bond acceptors (Lipinski definition) is 2. The molecule has 108 valence electrons. The van der Waals surface area contributed by atoms with Gasteiger partial charge in [0, 0.05) is 12.2 Å². The molecule has 2 unspecified atom stereocenters. The molecule has 0 spiro atoms. The number of rotatable bonds is 4. The zero-order valence-corrected chi connectivity index (χ0v) is 13.0. The van der Waals surface area contributed by atoms with Crippen LogP contribution in [0.25, 0.3) is 0 Å². The molecule has 1 heterocycles. The van der Waals surface area contributed by atoms with E-state index in [-0.39, 0.29) is 11.8 Å². The van der Waals surface area contributed by atoms with E-state index >= 15 is 0 Å². The minimum atomic E-state index is -0.339. The van der Waals surface area contributed by atoms with Gasteiger partial charge in [-0.1, -0.05) is 50.7 Å². The molecule has 1 aliphatic rings. The molecule has 4 heteroatoms. The van der Waals surface area contributed by atoms with Crippen molar-refractivity contribution < 1.29 is 4.79 Å². The lowest BCUT2D eigenvalue weighted by Gasteiger charge is -2.35. The molecule has 2 N–H and O–H groups in total. The number of benzene rings is 1. The Morgan fingerprint density at radius 1 is 1.50 bits per heavy atom. The van der Waals surface area contributed by atoms with Gasteiger partial charge in [-0.3, -0.25) is 4.79 Å². The number of para-hydroxylation sites is 1. The van der Waals surface area contributed by atoms with E-state index in [1.54, 1.807) is 0 Å². The van der Waals surface area contributed by atoms with Crippen LogP contribution in [0, 0.1) is 11.8 Å². The van der Waals surface area contributed by atoms with Crippen LogP contribution in [0.15, 0.2) is 24.3 Å². The van der Waals surface area contributed by atoms with E-state index in [2.05, 4.69) is 13.0 Å². The summed E-state index contributed by atoms with van der Waals surface area (Å²) in [6.45, 7) is 4.97. The molecule has 1 amide bonds. The molecule has 0 bridgehead atoms. The Bertz CT molecular complexity index is 515. The van der Waals surface area contributed by atoms with E-state index in [4.69, 9.17) is 18.0 Å². The van der Waals surface area contributed by atoms with Gasteiger partial charge in [0.2, 0.25) is 5.91 Å². The highest BCUT2D eigenvalue weighted by Crippen LogP contribution is 2.31. The second kappa shape index (κ2) is 6.35. The van der Waals surface area contributed by atoms with Crippen LogP contribution in [0.4, 0.5) is 5.69 Å². The number of carbonyl (C=O) groups excluding carboxylic acids is 1. The summed E-state index contributed by atoms with van der Waals surface area (Å²) in [5.41, 5.74) is 8.02. The number of nitrogens with two attached hydrogens (primary N) is 1. The van der Waals surface area contributed by atoms with Crippen LogP contribution in [0.1, 0.15) is 32.3 Å². The number of anilines is 1. The maximum Gasteiger partial charge on any atom is 0.236 e. The third-order valence-electron chi connectivity index (χ3n) is 3.83. The Balaban J connectivity index is 2.32. The van der Waals surface area contributed by atoms with Crippen LogP contribution < -0.4 is 10.6 Å². The first-order chi connectivity index (χ1) is 9.54. The largest absolute Gasteiger partial charge is 0.393 e. The standard InChI is InChI=1S/C16H22N2OS/c1-3-6-13(15(17)20)16(19)18-10-11(2)9-12-7-4-5-8-14(12)18/h4-5,7-8,11,13H,3,6,9-10H2,1-2H3,(H2,17,20). The van der Waals surface area contributed by atoms with Gasteiger partial charge in [0.25, 0.3) is 0 Å². The summed E-state index contributed by atoms with van der Waals surface area (Å²) in [7, 11) is 0. The Labute approximate surface area is 126 Å². The fourth-order valence-electron chi connectivity index (χ4n) is 2.87. The number of fused-ring (bicyclic) bond motifs is 1. The van der Waals surface area contributed by atoms with Crippen LogP contribution in [-0.4, -0.2) is 17.4 Å². The monoisotopic (exact) mass is 290 g/mol. The van der Waals surface area contributed by atoms with Crippen molar-refractivity contribution in [3.63, 3.8) is 0 Å². The van der Waals surface area contributed by atoms with Gasteiger partial charge < -0.3 is 10.6 Å². The molecule has 1 aromatic rings. The summed E-state index contributed by atoms with van der Waals surface area (Å²) in [5.74, 6) is 0.175. The maximum atomic E-state index is 12.8. The van der Waals surface area contributed by atoms with E-state index in [9.17, 15) is 4.79 Å². The molecule has 2 atom stereocenters. The van der Waals surface area contributed by atoms with Crippen LogP contribution in [0.5, 0.6) is 0 Å². The summed E-state index contributed by atoms with van der Waals surface area (Å²) in [4.78, 5) is 15.0. The summed E-state index contributed by atoms with van der Waals surface area (Å²) >= 11 is 5.09. The van der Waals surface area contributed by atoms with Crippen LogP contribution in [0.2, 0.25) is 0 Å². The van der Waals surface area contributed by atoms with Gasteiger partial charge in [0.05, 0.1) is 10.9 Å². The smallest absolute Gasteiger partial charge is 0.236 e. The Morgan fingerprint density at radius 2 is 2.20 bits per heavy atom. The molecule has 0 fully saturated rings. The summed E-state index contributed by atoms with van der Waals surface area (Å²) in [6, 6.07) is 8.11. The Morgan fingerprint density at radius 3 is 2.85 bits per heavy atom. The number of amides is 1. The van der Waals surface area contributed by atoms with E-state index < -0.39 is 0 Å². The molecule has 0 saturated carbocycles. The SMILES string of the molecule is CCCC(C(=O)N1CC(C)Cc2ccccc21)C(N)=S. The predicted octanol–water partition coefficient (Wildman–Crippen LogP) is 2.91. The van der Waals surface area contributed by atoms with Crippen molar-refractivity contribution in [2.24, 2.45) is 17.6 Å². The second-order valence-corrected chi connectivity index (χ2v) is 6.10. The maximum absolute atomic E-state index is 12.8. The van der Waals surface area contributed by atoms with Gasteiger partial charge in [-0.2, -0.15) is 0 Å². The van der Waals surface area contributed by atoms with E-state index in [1.165, 1.54) is 5.56 Å². The predicted molar refractivity (Wildman–Crippen MR) is 86.8 cm³/mol. The average Bonchev–Trinajstić information content (AvgIpc) is 2.42. The minimum Gasteiger partial charge on any atom is -0.393 e. The van der Waals surface area contributed by atoms with Crippen molar-refractivity contribution in [1.82, 2.24) is 0 Å². The molecule has 20 heavy (non-hydrogen) atoms. The molecule has 0 aliphatic carbocycles. The van der Waals surface area contributed by atoms with Gasteiger partial charge >= 0.3 is 0 Å². The third-order valence-corrected chi connectivity index (χ3v) is 4.11. The summed E-state index contributed by atoms with van der Waals surface area (Å²) in [5, 5.41) is 0. The number of thiocarbonyl (C=S) groups is 1. The molecular formula is C16H22N2OS. The van der Waals surface area contributed by atoms with E-state index in [0.717, 1.165) is 31.5 Å². The molecular weight excluding hydrogens is 268 g/mol. The third kappa shape index (κ3) is 3.01. The first-order valence-electron chi connectivity index (χ1n) is 7.23. The average molecular weight is 290 g/mol. The van der Waals surface area contributed by atoms with Gasteiger partial charge in [0.15, 0.2) is 0 Å². The van der Waals surface area contributed by atoms with Crippen molar-refractivity contribution in [1.29, 1.82) is 0 Å². The highest BCUT2D eigenvalue weighted by Gasteiger charge is 2.31. The highest BCUT2D eigenvalue weighted by molar-refractivity contribution is 7.80. The minimum absolute atomic E-state index is 0.0540. The van der Waals surface area contributed by atoms with Gasteiger partial charge in [-0.25, -0.2) is 0 Å². The van der Waals surface area contributed by atoms with Crippen molar-refractivity contribution >= 4 is 28.8 Å². The lowest BCUT2D eigenvalue weighted by atomic mass is 9.92. The number of nitrogens with zero attached hydrogens (tertiary/aromatic N) is 1. The Kier molecular flexibility index (Phi) is 4.76.